The normalized spacial score (nSPS) is 17.4. The molecule has 7 heteroatoms. The molecule has 0 bridgehead atoms. The topological polar surface area (TPSA) is 42.3 Å². The molecule has 0 spiro atoms. The Hall–Kier alpha value is -3.35. The van der Waals surface area contributed by atoms with Crippen LogP contribution >= 0.6 is 23.8 Å². The van der Waals surface area contributed by atoms with Gasteiger partial charge in [-0.1, -0.05) is 23.7 Å². The largest absolute Gasteiger partial charge is 0.494 e. The van der Waals surface area contributed by atoms with Gasteiger partial charge in [0.25, 0.3) is 0 Å². The Morgan fingerprint density at radius 2 is 1.81 bits per heavy atom. The van der Waals surface area contributed by atoms with Crippen LogP contribution in [0.4, 0.5) is 5.69 Å². The Balaban J connectivity index is 1.66. The number of hydrogen-bond donors (Lipinski definition) is 1. The summed E-state index contributed by atoms with van der Waals surface area (Å²) in [5.41, 5.74) is 7.55. The molecular formula is C29H29ClN4OS. The van der Waals surface area contributed by atoms with E-state index in [0.717, 1.165) is 44.8 Å². The highest BCUT2D eigenvalue weighted by Gasteiger charge is 2.42. The second-order valence-corrected chi connectivity index (χ2v) is 9.76. The third kappa shape index (κ3) is 4.25. The molecule has 0 aliphatic carbocycles. The molecule has 1 aliphatic heterocycles. The summed E-state index contributed by atoms with van der Waals surface area (Å²) in [7, 11) is 0. The number of ether oxygens (including phenoxy) is 1. The van der Waals surface area contributed by atoms with E-state index in [1.54, 1.807) is 0 Å². The lowest BCUT2D eigenvalue weighted by molar-refractivity contribution is 0.340. The number of aromatic nitrogens is 2. The van der Waals surface area contributed by atoms with Crippen LogP contribution in [0, 0.1) is 20.8 Å². The van der Waals surface area contributed by atoms with E-state index in [9.17, 15) is 0 Å². The van der Waals surface area contributed by atoms with Crippen molar-refractivity contribution >= 4 is 34.6 Å². The van der Waals surface area contributed by atoms with Gasteiger partial charge < -0.3 is 19.5 Å². The predicted octanol–water partition coefficient (Wildman–Crippen LogP) is 7.03. The van der Waals surface area contributed by atoms with Gasteiger partial charge in [-0.25, -0.2) is 0 Å². The standard InChI is InChI=1S/C29H29ClN4OS/c1-5-35-22-14-12-21(13-15-22)34-28(27(32-29(34)36)25-10-6-7-16-31-25)23-17-18(2)33(20(23)4)26-11-8-9-24(30)19(26)3/h6-17,27-28H,5H2,1-4H3,(H,32,36)/t27-,28-/m1/s1. The van der Waals surface area contributed by atoms with Crippen molar-refractivity contribution in [3.05, 3.63) is 106 Å². The lowest BCUT2D eigenvalue weighted by Gasteiger charge is -2.28. The monoisotopic (exact) mass is 516 g/mol. The minimum absolute atomic E-state index is 0.0928. The molecule has 184 valence electrons. The van der Waals surface area contributed by atoms with Crippen LogP contribution in [0.3, 0.4) is 0 Å². The van der Waals surface area contributed by atoms with Gasteiger partial charge >= 0.3 is 0 Å². The molecule has 2 aromatic heterocycles. The lowest BCUT2D eigenvalue weighted by Crippen LogP contribution is -2.29. The molecule has 4 aromatic rings. The number of rotatable bonds is 6. The van der Waals surface area contributed by atoms with Crippen molar-refractivity contribution in [2.24, 2.45) is 0 Å². The van der Waals surface area contributed by atoms with Crippen molar-refractivity contribution in [3.63, 3.8) is 0 Å². The molecule has 2 atom stereocenters. The summed E-state index contributed by atoms with van der Waals surface area (Å²) in [4.78, 5) is 6.88. The zero-order valence-electron chi connectivity index (χ0n) is 20.8. The fourth-order valence-electron chi connectivity index (χ4n) is 5.11. The lowest BCUT2D eigenvalue weighted by atomic mass is 9.96. The number of aryl methyl sites for hydroxylation is 1. The first-order chi connectivity index (χ1) is 17.4. The fraction of sp³-hybridized carbons (Fsp3) is 0.241. The first-order valence-electron chi connectivity index (χ1n) is 12.1. The second kappa shape index (κ2) is 9.96. The maximum Gasteiger partial charge on any atom is 0.174 e. The molecule has 0 radical (unpaired) electrons. The SMILES string of the molecule is CCOc1ccc(N2C(=S)N[C@H](c3ccccn3)[C@H]2c2cc(C)n(-c3cccc(Cl)c3C)c2C)cc1. The van der Waals surface area contributed by atoms with Crippen LogP contribution in [0.2, 0.25) is 5.02 Å². The van der Waals surface area contributed by atoms with Gasteiger partial charge in [0.2, 0.25) is 0 Å². The highest BCUT2D eigenvalue weighted by atomic mass is 35.5. The van der Waals surface area contributed by atoms with E-state index in [-0.39, 0.29) is 12.1 Å². The highest BCUT2D eigenvalue weighted by Crippen LogP contribution is 2.44. The molecule has 5 nitrogen and oxygen atoms in total. The number of thiocarbonyl (C=S) groups is 1. The van der Waals surface area contributed by atoms with E-state index in [2.05, 4.69) is 70.9 Å². The Bertz CT molecular complexity index is 1400. The molecule has 0 unspecified atom stereocenters. The van der Waals surface area contributed by atoms with Gasteiger partial charge in [-0.05, 0) is 106 Å². The van der Waals surface area contributed by atoms with E-state index >= 15 is 0 Å². The van der Waals surface area contributed by atoms with E-state index in [0.29, 0.717) is 11.7 Å². The molecule has 5 rings (SSSR count). The molecule has 2 aromatic carbocycles. The summed E-state index contributed by atoms with van der Waals surface area (Å²) in [6.45, 7) is 8.97. The summed E-state index contributed by atoms with van der Waals surface area (Å²) >= 11 is 12.4. The third-order valence-electron chi connectivity index (χ3n) is 6.79. The quantitative estimate of drug-likeness (QED) is 0.279. The van der Waals surface area contributed by atoms with Gasteiger partial charge in [-0.3, -0.25) is 4.98 Å². The maximum absolute atomic E-state index is 6.50. The molecule has 0 amide bonds. The first-order valence-corrected chi connectivity index (χ1v) is 12.9. The summed E-state index contributed by atoms with van der Waals surface area (Å²) in [6, 6.07) is 22.2. The summed E-state index contributed by atoms with van der Waals surface area (Å²) < 4.78 is 7.95. The summed E-state index contributed by atoms with van der Waals surface area (Å²) in [5, 5.41) is 4.98. The van der Waals surface area contributed by atoms with E-state index in [1.807, 2.05) is 49.5 Å². The first kappa shape index (κ1) is 24.3. The van der Waals surface area contributed by atoms with Crippen LogP contribution < -0.4 is 15.0 Å². The minimum Gasteiger partial charge on any atom is -0.494 e. The van der Waals surface area contributed by atoms with E-state index < -0.39 is 0 Å². The maximum atomic E-state index is 6.50. The molecule has 36 heavy (non-hydrogen) atoms. The average molecular weight is 517 g/mol. The Morgan fingerprint density at radius 1 is 1.03 bits per heavy atom. The average Bonchev–Trinajstić information content (AvgIpc) is 3.37. The van der Waals surface area contributed by atoms with Crippen LogP contribution in [-0.2, 0) is 0 Å². The van der Waals surface area contributed by atoms with Crippen molar-refractivity contribution < 1.29 is 4.74 Å². The van der Waals surface area contributed by atoms with Gasteiger partial charge in [0.15, 0.2) is 5.11 Å². The molecular weight excluding hydrogens is 488 g/mol. The van der Waals surface area contributed by atoms with Gasteiger partial charge in [-0.15, -0.1) is 0 Å². The van der Waals surface area contributed by atoms with Gasteiger partial charge in [0.1, 0.15) is 5.75 Å². The number of halogens is 1. The smallest absolute Gasteiger partial charge is 0.174 e. The van der Waals surface area contributed by atoms with Crippen LogP contribution in [0.25, 0.3) is 5.69 Å². The molecule has 3 heterocycles. The molecule has 0 saturated carbocycles. The van der Waals surface area contributed by atoms with Crippen molar-refractivity contribution in [2.45, 2.75) is 39.8 Å². The van der Waals surface area contributed by atoms with Crippen LogP contribution in [0.15, 0.2) is 72.9 Å². The number of pyridine rings is 1. The molecule has 1 saturated heterocycles. The number of hydrogen-bond acceptors (Lipinski definition) is 3. The van der Waals surface area contributed by atoms with E-state index in [1.165, 1.54) is 5.56 Å². The highest BCUT2D eigenvalue weighted by molar-refractivity contribution is 7.80. The third-order valence-corrected chi connectivity index (χ3v) is 7.52. The molecule has 1 aliphatic rings. The summed E-state index contributed by atoms with van der Waals surface area (Å²) in [6.07, 6.45) is 1.83. The van der Waals surface area contributed by atoms with Crippen molar-refractivity contribution in [1.82, 2.24) is 14.9 Å². The van der Waals surface area contributed by atoms with Crippen molar-refractivity contribution in [3.8, 4) is 11.4 Å². The zero-order valence-corrected chi connectivity index (χ0v) is 22.4. The van der Waals surface area contributed by atoms with Crippen molar-refractivity contribution in [1.29, 1.82) is 0 Å². The molecule has 1 N–H and O–H groups in total. The van der Waals surface area contributed by atoms with Crippen LogP contribution in [0.5, 0.6) is 5.75 Å². The number of nitrogens with zero attached hydrogens (tertiary/aromatic N) is 3. The van der Waals surface area contributed by atoms with Crippen LogP contribution in [-0.4, -0.2) is 21.3 Å². The number of nitrogens with one attached hydrogen (secondary N) is 1. The Labute approximate surface area is 222 Å². The fourth-order valence-corrected chi connectivity index (χ4v) is 5.63. The van der Waals surface area contributed by atoms with Gasteiger partial charge in [0.05, 0.1) is 24.4 Å². The van der Waals surface area contributed by atoms with Gasteiger partial charge in [-0.2, -0.15) is 0 Å². The summed E-state index contributed by atoms with van der Waals surface area (Å²) in [5.74, 6) is 0.840. The Kier molecular flexibility index (Phi) is 6.73. The number of benzene rings is 2. The molecule has 1 fully saturated rings. The predicted molar refractivity (Wildman–Crippen MR) is 151 cm³/mol. The van der Waals surface area contributed by atoms with Crippen LogP contribution in [0.1, 0.15) is 47.2 Å². The minimum atomic E-state index is -0.111. The van der Waals surface area contributed by atoms with E-state index in [4.69, 9.17) is 28.6 Å². The zero-order chi connectivity index (χ0) is 25.4. The van der Waals surface area contributed by atoms with Gasteiger partial charge in [0, 0.05) is 34.0 Å². The second-order valence-electron chi connectivity index (χ2n) is 8.97. The van der Waals surface area contributed by atoms with Crippen molar-refractivity contribution in [2.75, 3.05) is 11.5 Å². The number of anilines is 1. The Morgan fingerprint density at radius 3 is 2.50 bits per heavy atom.